The summed E-state index contributed by atoms with van der Waals surface area (Å²) in [7, 11) is 0. The van der Waals surface area contributed by atoms with Gasteiger partial charge in [0.1, 0.15) is 0 Å². The highest BCUT2D eigenvalue weighted by molar-refractivity contribution is 7.98. The maximum Gasteiger partial charge on any atom is 0.0445 e. The van der Waals surface area contributed by atoms with Crippen LogP contribution in [0.4, 0.5) is 0 Å². The van der Waals surface area contributed by atoms with E-state index in [2.05, 4.69) is 35.4 Å². The topological polar surface area (TPSA) is 23.5 Å². The summed E-state index contributed by atoms with van der Waals surface area (Å²) < 4.78 is 0. The second kappa shape index (κ2) is 6.43. The third-order valence-corrected chi connectivity index (χ3v) is 4.25. The summed E-state index contributed by atoms with van der Waals surface area (Å²) in [6.45, 7) is 2.51. The van der Waals surface area contributed by atoms with Crippen molar-refractivity contribution >= 4 is 11.8 Å². The van der Waals surface area contributed by atoms with Gasteiger partial charge in [0.25, 0.3) is 0 Å². The number of aliphatic hydroxyl groups is 1. The Balaban J connectivity index is 1.94. The van der Waals surface area contributed by atoms with Gasteiger partial charge in [-0.15, -0.1) is 11.8 Å². The molecule has 3 heteroatoms. The highest BCUT2D eigenvalue weighted by atomic mass is 32.2. The molecule has 1 fully saturated rings. The molecule has 17 heavy (non-hydrogen) atoms. The van der Waals surface area contributed by atoms with Crippen molar-refractivity contribution in [3.63, 3.8) is 0 Å². The van der Waals surface area contributed by atoms with Crippen molar-refractivity contribution in [1.29, 1.82) is 0 Å². The molecule has 94 valence electrons. The summed E-state index contributed by atoms with van der Waals surface area (Å²) in [5.74, 6) is 0. The van der Waals surface area contributed by atoms with Crippen molar-refractivity contribution in [2.75, 3.05) is 19.4 Å². The maximum atomic E-state index is 9.05. The molecule has 1 N–H and O–H groups in total. The van der Waals surface area contributed by atoms with Crippen molar-refractivity contribution in [1.82, 2.24) is 4.90 Å². The lowest BCUT2D eigenvalue weighted by atomic mass is 10.1. The number of aliphatic hydroxyl groups excluding tert-OH is 1. The van der Waals surface area contributed by atoms with Crippen LogP contribution in [0.2, 0.25) is 0 Å². The highest BCUT2D eigenvalue weighted by Gasteiger charge is 2.23. The van der Waals surface area contributed by atoms with Gasteiger partial charge in [0.05, 0.1) is 0 Å². The van der Waals surface area contributed by atoms with Crippen molar-refractivity contribution < 1.29 is 5.11 Å². The second-order valence-corrected chi connectivity index (χ2v) is 5.51. The Morgan fingerprint density at radius 1 is 1.35 bits per heavy atom. The molecule has 1 saturated heterocycles. The highest BCUT2D eigenvalue weighted by Crippen LogP contribution is 2.23. The molecular formula is C14H21NOS. The lowest BCUT2D eigenvalue weighted by Crippen LogP contribution is -2.29. The quantitative estimate of drug-likeness (QED) is 0.814. The van der Waals surface area contributed by atoms with Crippen LogP contribution in [0.5, 0.6) is 0 Å². The third-order valence-electron chi connectivity index (χ3n) is 3.51. The molecule has 1 aromatic rings. The van der Waals surface area contributed by atoms with Gasteiger partial charge in [0.2, 0.25) is 0 Å². The zero-order valence-electron chi connectivity index (χ0n) is 10.4. The van der Waals surface area contributed by atoms with Gasteiger partial charge in [-0.2, -0.15) is 0 Å². The van der Waals surface area contributed by atoms with Crippen molar-refractivity contribution in [2.24, 2.45) is 0 Å². The molecule has 1 aliphatic rings. The average molecular weight is 251 g/mol. The molecule has 0 saturated carbocycles. The van der Waals surface area contributed by atoms with Gasteiger partial charge in [-0.05, 0) is 49.8 Å². The van der Waals surface area contributed by atoms with Crippen LogP contribution in [0.3, 0.4) is 0 Å². The average Bonchev–Trinajstić information content (AvgIpc) is 2.78. The number of hydrogen-bond donors (Lipinski definition) is 1. The van der Waals surface area contributed by atoms with E-state index in [9.17, 15) is 0 Å². The van der Waals surface area contributed by atoms with Gasteiger partial charge in [-0.25, -0.2) is 0 Å². The number of hydrogen-bond acceptors (Lipinski definition) is 3. The lowest BCUT2D eigenvalue weighted by Gasteiger charge is -2.23. The number of likely N-dealkylation sites (tertiary alicyclic amines) is 1. The molecule has 0 bridgehead atoms. The lowest BCUT2D eigenvalue weighted by molar-refractivity contribution is 0.190. The van der Waals surface area contributed by atoms with Crippen LogP contribution in [0.1, 0.15) is 24.8 Å². The first-order chi connectivity index (χ1) is 8.33. The number of thioether (sulfide) groups is 1. The Morgan fingerprint density at radius 3 is 2.76 bits per heavy atom. The van der Waals surface area contributed by atoms with Gasteiger partial charge in [0.15, 0.2) is 0 Å². The van der Waals surface area contributed by atoms with Crippen molar-refractivity contribution in [3.8, 4) is 0 Å². The Kier molecular flexibility index (Phi) is 4.89. The van der Waals surface area contributed by atoms with E-state index in [1.165, 1.54) is 29.8 Å². The van der Waals surface area contributed by atoms with E-state index in [0.29, 0.717) is 12.6 Å². The Bertz CT molecular complexity index is 339. The first-order valence-electron chi connectivity index (χ1n) is 6.31. The minimum atomic E-state index is 0.312. The van der Waals surface area contributed by atoms with Crippen LogP contribution >= 0.6 is 11.8 Å². The predicted octanol–water partition coefficient (Wildman–Crippen LogP) is 2.76. The molecule has 1 heterocycles. The SMILES string of the molecule is CSc1ccc(CN2CCCC2CCO)cc1. The molecule has 2 nitrogen and oxygen atoms in total. The Hall–Kier alpha value is -0.510. The van der Waals surface area contributed by atoms with E-state index in [4.69, 9.17) is 5.11 Å². The number of nitrogens with zero attached hydrogens (tertiary/aromatic N) is 1. The Morgan fingerprint density at radius 2 is 2.12 bits per heavy atom. The molecule has 2 rings (SSSR count). The standard InChI is InChI=1S/C14H21NOS/c1-17-14-6-4-12(5-7-14)11-15-9-2-3-13(15)8-10-16/h4-7,13,16H,2-3,8-11H2,1H3. The van der Waals surface area contributed by atoms with Crippen LogP contribution in [-0.2, 0) is 6.54 Å². The zero-order chi connectivity index (χ0) is 12.1. The monoisotopic (exact) mass is 251 g/mol. The molecule has 1 atom stereocenters. The van der Waals surface area contributed by atoms with Crippen molar-refractivity contribution in [3.05, 3.63) is 29.8 Å². The fourth-order valence-corrected chi connectivity index (χ4v) is 2.95. The van der Waals surface area contributed by atoms with E-state index in [-0.39, 0.29) is 0 Å². The molecule has 0 amide bonds. The fraction of sp³-hybridized carbons (Fsp3) is 0.571. The molecular weight excluding hydrogens is 230 g/mol. The zero-order valence-corrected chi connectivity index (χ0v) is 11.2. The predicted molar refractivity (Wildman–Crippen MR) is 73.4 cm³/mol. The first-order valence-corrected chi connectivity index (χ1v) is 7.54. The van der Waals surface area contributed by atoms with E-state index in [1.54, 1.807) is 11.8 Å². The van der Waals surface area contributed by atoms with Crippen LogP contribution in [-0.4, -0.2) is 35.5 Å². The van der Waals surface area contributed by atoms with E-state index in [0.717, 1.165) is 13.0 Å². The van der Waals surface area contributed by atoms with Crippen LogP contribution in [0.25, 0.3) is 0 Å². The second-order valence-electron chi connectivity index (χ2n) is 4.63. The molecule has 0 spiro atoms. The molecule has 0 aromatic heterocycles. The van der Waals surface area contributed by atoms with Gasteiger partial charge in [0, 0.05) is 24.1 Å². The summed E-state index contributed by atoms with van der Waals surface area (Å²) >= 11 is 1.78. The molecule has 0 aliphatic carbocycles. The third kappa shape index (κ3) is 3.47. The first kappa shape index (κ1) is 12.9. The van der Waals surface area contributed by atoms with Crippen LogP contribution < -0.4 is 0 Å². The number of rotatable bonds is 5. The summed E-state index contributed by atoms with van der Waals surface area (Å²) in [5, 5.41) is 9.05. The molecule has 1 aliphatic heterocycles. The molecule has 0 radical (unpaired) electrons. The summed E-state index contributed by atoms with van der Waals surface area (Å²) in [5.41, 5.74) is 1.38. The van der Waals surface area contributed by atoms with Crippen LogP contribution in [0.15, 0.2) is 29.2 Å². The van der Waals surface area contributed by atoms with E-state index in [1.807, 2.05) is 0 Å². The van der Waals surface area contributed by atoms with Crippen LogP contribution in [0, 0.1) is 0 Å². The van der Waals surface area contributed by atoms with E-state index >= 15 is 0 Å². The summed E-state index contributed by atoms with van der Waals surface area (Å²) in [6, 6.07) is 9.41. The molecule has 1 unspecified atom stereocenters. The summed E-state index contributed by atoms with van der Waals surface area (Å²) in [4.78, 5) is 3.83. The molecule has 1 aromatic carbocycles. The normalized spacial score (nSPS) is 20.9. The minimum Gasteiger partial charge on any atom is -0.396 e. The smallest absolute Gasteiger partial charge is 0.0445 e. The fourth-order valence-electron chi connectivity index (χ4n) is 2.54. The largest absolute Gasteiger partial charge is 0.396 e. The van der Waals surface area contributed by atoms with Gasteiger partial charge >= 0.3 is 0 Å². The minimum absolute atomic E-state index is 0.312. The maximum absolute atomic E-state index is 9.05. The Labute approximate surface area is 108 Å². The van der Waals surface area contributed by atoms with Crippen molar-refractivity contribution in [2.45, 2.75) is 36.7 Å². The summed E-state index contributed by atoms with van der Waals surface area (Å²) in [6.07, 6.45) is 5.53. The van der Waals surface area contributed by atoms with E-state index < -0.39 is 0 Å². The number of benzene rings is 1. The van der Waals surface area contributed by atoms with Gasteiger partial charge < -0.3 is 5.11 Å². The van der Waals surface area contributed by atoms with Gasteiger partial charge in [-0.1, -0.05) is 12.1 Å². The van der Waals surface area contributed by atoms with Gasteiger partial charge in [-0.3, -0.25) is 4.90 Å².